The van der Waals surface area contributed by atoms with Crippen LogP contribution >= 0.6 is 11.3 Å². The molecule has 0 aliphatic heterocycles. The van der Waals surface area contributed by atoms with E-state index >= 15 is 0 Å². The van der Waals surface area contributed by atoms with E-state index < -0.39 is 0 Å². The molecule has 4 rings (SSSR count). The summed E-state index contributed by atoms with van der Waals surface area (Å²) in [6, 6.07) is 4.79. The molecule has 8 heteroatoms. The summed E-state index contributed by atoms with van der Waals surface area (Å²) in [6.45, 7) is 0.800. The maximum Gasteiger partial charge on any atom is 0.259 e. The summed E-state index contributed by atoms with van der Waals surface area (Å²) in [5, 5.41) is 26.0. The molecule has 2 N–H and O–H groups in total. The molecule has 7 nitrogen and oxygen atoms in total. The largest absolute Gasteiger partial charge is 0.733 e. The number of carbonyl (C=O) groups is 1. The molecule has 2 heterocycles. The first-order valence-corrected chi connectivity index (χ1v) is 8.49. The molecule has 1 saturated carbocycles. The number of amides is 1. The quantitative estimate of drug-likeness (QED) is 0.692. The van der Waals surface area contributed by atoms with Crippen molar-refractivity contribution in [1.82, 2.24) is 9.55 Å². The molecule has 1 fully saturated rings. The molecule has 1 amide bonds. The van der Waals surface area contributed by atoms with Crippen molar-refractivity contribution in [2.75, 3.05) is 10.5 Å². The lowest BCUT2D eigenvalue weighted by atomic mass is 10.1. The van der Waals surface area contributed by atoms with Gasteiger partial charge in [0, 0.05) is 29.7 Å². The third kappa shape index (κ3) is 2.86. The van der Waals surface area contributed by atoms with Gasteiger partial charge in [-0.3, -0.25) is 15.3 Å². The normalized spacial score (nSPS) is 14.1. The van der Waals surface area contributed by atoms with Crippen LogP contribution in [0.1, 0.15) is 23.2 Å². The van der Waals surface area contributed by atoms with Crippen molar-refractivity contribution in [3.8, 4) is 0 Å². The Morgan fingerprint density at radius 3 is 3.00 bits per heavy atom. The van der Waals surface area contributed by atoms with Crippen molar-refractivity contribution in [3.63, 3.8) is 0 Å². The minimum Gasteiger partial charge on any atom is -0.733 e. The molecule has 1 aromatic carbocycles. The van der Waals surface area contributed by atoms with E-state index in [0.717, 1.165) is 17.4 Å². The Balaban J connectivity index is 1.75. The smallest absolute Gasteiger partial charge is 0.259 e. The topological polar surface area (TPSA) is 93.5 Å². The lowest BCUT2D eigenvalue weighted by molar-refractivity contribution is 0.102. The van der Waals surface area contributed by atoms with Crippen LogP contribution in [-0.4, -0.2) is 20.7 Å². The van der Waals surface area contributed by atoms with E-state index in [1.807, 2.05) is 10.8 Å². The monoisotopic (exact) mass is 343 g/mol. The van der Waals surface area contributed by atoms with Crippen LogP contribution in [0.3, 0.4) is 0 Å². The fourth-order valence-electron chi connectivity index (χ4n) is 2.76. The van der Waals surface area contributed by atoms with E-state index in [9.17, 15) is 10.0 Å². The van der Waals surface area contributed by atoms with Crippen LogP contribution in [0, 0.1) is 11.1 Å². The second kappa shape index (κ2) is 5.90. The Morgan fingerprint density at radius 2 is 2.33 bits per heavy atom. The van der Waals surface area contributed by atoms with Gasteiger partial charge in [0.05, 0.1) is 16.8 Å². The molecule has 0 saturated heterocycles. The highest BCUT2D eigenvalue weighted by Crippen LogP contribution is 2.34. The van der Waals surface area contributed by atoms with Crippen LogP contribution in [0.5, 0.6) is 0 Å². The van der Waals surface area contributed by atoms with Crippen molar-refractivity contribution in [2.45, 2.75) is 19.4 Å². The minimum atomic E-state index is -0.236. The number of aromatic nitrogens is 2. The summed E-state index contributed by atoms with van der Waals surface area (Å²) < 4.78 is 1.98. The Bertz CT molecular complexity index is 884. The van der Waals surface area contributed by atoms with E-state index in [4.69, 9.17) is 5.21 Å². The SMILES string of the molecule is O=C(Nc1nccs1)c1cn(CC2CC2)c2cc(N([O-])O)ccc12. The lowest BCUT2D eigenvalue weighted by Crippen LogP contribution is -2.11. The molecule has 0 bridgehead atoms. The van der Waals surface area contributed by atoms with Gasteiger partial charge in [0.2, 0.25) is 0 Å². The lowest BCUT2D eigenvalue weighted by Gasteiger charge is -2.21. The fraction of sp³-hybridized carbons (Fsp3) is 0.250. The van der Waals surface area contributed by atoms with Crippen LogP contribution in [0.2, 0.25) is 0 Å². The number of carbonyl (C=O) groups excluding carboxylic acids is 1. The molecule has 1 aliphatic carbocycles. The predicted octanol–water partition coefficient (Wildman–Crippen LogP) is 3.45. The molecule has 1 aliphatic rings. The standard InChI is InChI=1S/C16H15N4O3S/c21-15(18-16-17-5-6-24-16)13-9-19(8-10-1-2-10)14-7-11(20(22)23)3-4-12(13)14/h3-7,9-10,22H,1-2,8H2,(H,17,18,21)/q-1. The number of nitrogens with zero attached hydrogens (tertiary/aromatic N) is 3. The molecule has 3 aromatic rings. The number of anilines is 2. The highest BCUT2D eigenvalue weighted by molar-refractivity contribution is 7.13. The molecule has 0 spiro atoms. The molecular weight excluding hydrogens is 328 g/mol. The van der Waals surface area contributed by atoms with E-state index in [2.05, 4.69) is 10.3 Å². The molecular formula is C16H15N4O3S-. The van der Waals surface area contributed by atoms with Crippen molar-refractivity contribution in [2.24, 2.45) is 5.92 Å². The summed E-state index contributed by atoms with van der Waals surface area (Å²) in [5.41, 5.74) is 1.44. The van der Waals surface area contributed by atoms with E-state index in [-0.39, 0.29) is 16.8 Å². The second-order valence-electron chi connectivity index (χ2n) is 5.90. The van der Waals surface area contributed by atoms with E-state index in [1.54, 1.807) is 23.7 Å². The first-order valence-electron chi connectivity index (χ1n) is 7.61. The van der Waals surface area contributed by atoms with Crippen molar-refractivity contribution < 1.29 is 10.0 Å². The first kappa shape index (κ1) is 15.1. The molecule has 0 unspecified atom stereocenters. The number of thiazole rings is 1. The summed E-state index contributed by atoms with van der Waals surface area (Å²) >= 11 is 1.35. The number of benzene rings is 1. The van der Waals surface area contributed by atoms with Gasteiger partial charge in [0.25, 0.3) is 5.91 Å². The molecule has 124 valence electrons. The third-order valence-corrected chi connectivity index (χ3v) is 4.82. The molecule has 24 heavy (non-hydrogen) atoms. The van der Waals surface area contributed by atoms with Crippen molar-refractivity contribution >= 4 is 39.0 Å². The van der Waals surface area contributed by atoms with Gasteiger partial charge in [0.1, 0.15) is 0 Å². The molecule has 2 aromatic heterocycles. The fourth-order valence-corrected chi connectivity index (χ4v) is 3.28. The Hall–Kier alpha value is -2.42. The van der Waals surface area contributed by atoms with Gasteiger partial charge < -0.3 is 15.0 Å². The summed E-state index contributed by atoms with van der Waals surface area (Å²) in [5.74, 6) is 0.372. The number of rotatable bonds is 5. The van der Waals surface area contributed by atoms with Crippen LogP contribution in [0.4, 0.5) is 10.8 Å². The average Bonchev–Trinajstić information content (AvgIpc) is 3.09. The maximum absolute atomic E-state index is 12.6. The summed E-state index contributed by atoms with van der Waals surface area (Å²) in [7, 11) is 0. The zero-order chi connectivity index (χ0) is 16.7. The summed E-state index contributed by atoms with van der Waals surface area (Å²) in [4.78, 5) is 16.6. The van der Waals surface area contributed by atoms with Gasteiger partial charge in [-0.25, -0.2) is 4.98 Å². The van der Waals surface area contributed by atoms with Crippen molar-refractivity contribution in [1.29, 1.82) is 0 Å². The van der Waals surface area contributed by atoms with Crippen LogP contribution in [0.25, 0.3) is 10.9 Å². The third-order valence-electron chi connectivity index (χ3n) is 4.14. The zero-order valence-corrected chi connectivity index (χ0v) is 13.5. The predicted molar refractivity (Wildman–Crippen MR) is 92.4 cm³/mol. The molecule has 0 radical (unpaired) electrons. The van der Waals surface area contributed by atoms with Gasteiger partial charge in [-0.05, 0) is 37.0 Å². The zero-order valence-electron chi connectivity index (χ0n) is 12.7. The van der Waals surface area contributed by atoms with Gasteiger partial charge in [-0.2, -0.15) is 0 Å². The van der Waals surface area contributed by atoms with Gasteiger partial charge in [-0.15, -0.1) is 11.3 Å². The van der Waals surface area contributed by atoms with Crippen LogP contribution < -0.4 is 10.5 Å². The Labute approximate surface area is 141 Å². The first-order chi connectivity index (χ1) is 11.6. The Morgan fingerprint density at radius 1 is 1.50 bits per heavy atom. The highest BCUT2D eigenvalue weighted by Gasteiger charge is 2.24. The number of nitrogens with one attached hydrogen (secondary N) is 1. The number of hydrogen-bond donors (Lipinski definition) is 2. The van der Waals surface area contributed by atoms with Gasteiger partial charge in [-0.1, -0.05) is 0 Å². The molecule has 0 atom stereocenters. The number of fused-ring (bicyclic) bond motifs is 1. The number of hydrogen-bond acceptors (Lipinski definition) is 6. The van der Waals surface area contributed by atoms with Crippen LogP contribution in [-0.2, 0) is 6.54 Å². The van der Waals surface area contributed by atoms with Crippen LogP contribution in [0.15, 0.2) is 36.0 Å². The average molecular weight is 343 g/mol. The maximum atomic E-state index is 12.6. The highest BCUT2D eigenvalue weighted by atomic mass is 32.1. The minimum absolute atomic E-state index is 0.143. The van der Waals surface area contributed by atoms with Gasteiger partial charge in [0.15, 0.2) is 5.13 Å². The summed E-state index contributed by atoms with van der Waals surface area (Å²) in [6.07, 6.45) is 5.79. The second-order valence-corrected chi connectivity index (χ2v) is 6.80. The van der Waals surface area contributed by atoms with E-state index in [1.165, 1.54) is 30.2 Å². The van der Waals surface area contributed by atoms with Crippen molar-refractivity contribution in [3.05, 3.63) is 46.7 Å². The van der Waals surface area contributed by atoms with Gasteiger partial charge >= 0.3 is 0 Å². The Kier molecular flexibility index (Phi) is 3.72. The van der Waals surface area contributed by atoms with E-state index in [0.29, 0.717) is 16.6 Å².